The highest BCUT2D eigenvalue weighted by Crippen LogP contribution is 2.60. The van der Waals surface area contributed by atoms with E-state index in [1.807, 2.05) is 30.3 Å². The minimum atomic E-state index is -0.210. The molecular formula is C29H30N2O3. The molecular weight excluding hydrogens is 424 g/mol. The lowest BCUT2D eigenvalue weighted by Crippen LogP contribution is -2.34. The van der Waals surface area contributed by atoms with Gasteiger partial charge in [0.2, 0.25) is 0 Å². The maximum absolute atomic E-state index is 12.4. The molecule has 0 spiro atoms. The summed E-state index contributed by atoms with van der Waals surface area (Å²) in [6, 6.07) is 22.4. The number of ketones is 1. The van der Waals surface area contributed by atoms with Gasteiger partial charge in [-0.2, -0.15) is 0 Å². The monoisotopic (exact) mass is 454 g/mol. The zero-order chi connectivity index (χ0) is 23.5. The average Bonchev–Trinajstić information content (AvgIpc) is 3.49. The van der Waals surface area contributed by atoms with Gasteiger partial charge < -0.3 is 10.1 Å². The zero-order valence-corrected chi connectivity index (χ0v) is 19.5. The Hall–Kier alpha value is -3.47. The average molecular weight is 455 g/mol. The van der Waals surface area contributed by atoms with Gasteiger partial charge in [-0.25, -0.2) is 0 Å². The first kappa shape index (κ1) is 22.3. The molecule has 2 saturated carbocycles. The van der Waals surface area contributed by atoms with Gasteiger partial charge in [-0.1, -0.05) is 36.8 Å². The SMILES string of the molecule is CC(=O)CNC(=O)c1ccc([C@]2(c3ccc(OCc4ccccn4)cc3)CC3CC[C@@H]2C3)cc1. The van der Waals surface area contributed by atoms with Crippen molar-refractivity contribution in [3.05, 3.63) is 95.3 Å². The maximum atomic E-state index is 12.4. The van der Waals surface area contributed by atoms with E-state index in [4.69, 9.17) is 4.74 Å². The summed E-state index contributed by atoms with van der Waals surface area (Å²) >= 11 is 0. The summed E-state index contributed by atoms with van der Waals surface area (Å²) in [6.45, 7) is 1.98. The zero-order valence-electron chi connectivity index (χ0n) is 19.5. The van der Waals surface area contributed by atoms with Crippen molar-refractivity contribution in [1.29, 1.82) is 0 Å². The summed E-state index contributed by atoms with van der Waals surface area (Å²) in [5.41, 5.74) is 4.05. The van der Waals surface area contributed by atoms with Crippen LogP contribution < -0.4 is 10.1 Å². The first-order valence-electron chi connectivity index (χ1n) is 12.1. The summed E-state index contributed by atoms with van der Waals surface area (Å²) in [5.74, 6) is 1.93. The van der Waals surface area contributed by atoms with E-state index in [0.717, 1.165) is 23.8 Å². The van der Waals surface area contributed by atoms with Crippen molar-refractivity contribution >= 4 is 11.7 Å². The number of aromatic nitrogens is 1. The molecule has 2 aliphatic rings. The Labute approximate surface area is 200 Å². The molecule has 0 saturated heterocycles. The Balaban J connectivity index is 1.38. The minimum Gasteiger partial charge on any atom is -0.487 e. The number of hydrogen-bond donors (Lipinski definition) is 1. The third-order valence-electron chi connectivity index (χ3n) is 7.49. The molecule has 0 radical (unpaired) electrons. The molecule has 2 aliphatic carbocycles. The number of ether oxygens (including phenoxy) is 1. The van der Waals surface area contributed by atoms with E-state index in [1.54, 1.807) is 6.20 Å². The summed E-state index contributed by atoms with van der Waals surface area (Å²) in [4.78, 5) is 27.9. The Bertz CT molecular complexity index is 1160. The molecule has 1 N–H and O–H groups in total. The number of hydrogen-bond acceptors (Lipinski definition) is 4. The summed E-state index contributed by atoms with van der Waals surface area (Å²) < 4.78 is 5.96. The quantitative estimate of drug-likeness (QED) is 0.515. The molecule has 5 rings (SSSR count). The second-order valence-electron chi connectivity index (χ2n) is 9.65. The predicted octanol–water partition coefficient (Wildman–Crippen LogP) is 5.09. The lowest BCUT2D eigenvalue weighted by molar-refractivity contribution is -0.116. The molecule has 5 heteroatoms. The van der Waals surface area contributed by atoms with E-state index < -0.39 is 0 Å². The minimum absolute atomic E-state index is 0.0309. The van der Waals surface area contributed by atoms with E-state index in [2.05, 4.69) is 46.7 Å². The first-order valence-corrected chi connectivity index (χ1v) is 12.1. The normalized spacial score (nSPS) is 23.0. The van der Waals surface area contributed by atoms with Crippen molar-refractivity contribution in [3.63, 3.8) is 0 Å². The van der Waals surface area contributed by atoms with Crippen molar-refractivity contribution in [3.8, 4) is 5.75 Å². The summed E-state index contributed by atoms with van der Waals surface area (Å²) in [6.07, 6.45) is 6.73. The molecule has 174 valence electrons. The molecule has 2 fully saturated rings. The van der Waals surface area contributed by atoms with Crippen LogP contribution in [0.5, 0.6) is 5.75 Å². The third-order valence-corrected chi connectivity index (χ3v) is 7.49. The maximum Gasteiger partial charge on any atom is 0.251 e. The Kier molecular flexibility index (Phi) is 6.18. The van der Waals surface area contributed by atoms with Crippen molar-refractivity contribution in [1.82, 2.24) is 10.3 Å². The fourth-order valence-electron chi connectivity index (χ4n) is 5.92. The highest BCUT2D eigenvalue weighted by atomic mass is 16.5. The number of benzene rings is 2. The number of nitrogens with zero attached hydrogens (tertiary/aromatic N) is 1. The third kappa shape index (κ3) is 4.35. The van der Waals surface area contributed by atoms with E-state index >= 15 is 0 Å². The molecule has 1 unspecified atom stereocenters. The second-order valence-corrected chi connectivity index (χ2v) is 9.65. The van der Waals surface area contributed by atoms with Crippen LogP contribution in [0.15, 0.2) is 72.9 Å². The number of carbonyl (C=O) groups excluding carboxylic acids is 2. The molecule has 1 heterocycles. The lowest BCUT2D eigenvalue weighted by Gasteiger charge is -2.39. The molecule has 3 atom stereocenters. The number of nitrogens with one attached hydrogen (secondary N) is 1. The molecule has 5 nitrogen and oxygen atoms in total. The van der Waals surface area contributed by atoms with Crippen LogP contribution >= 0.6 is 0 Å². The van der Waals surface area contributed by atoms with Crippen LogP contribution in [0.1, 0.15) is 59.8 Å². The molecule has 2 aromatic carbocycles. The number of fused-ring (bicyclic) bond motifs is 2. The fraction of sp³-hybridized carbons (Fsp3) is 0.345. The summed E-state index contributed by atoms with van der Waals surface area (Å²) in [7, 11) is 0. The number of amides is 1. The van der Waals surface area contributed by atoms with Gasteiger partial charge in [-0.3, -0.25) is 14.6 Å². The van der Waals surface area contributed by atoms with Gasteiger partial charge in [0, 0.05) is 17.2 Å². The molecule has 3 aromatic rings. The van der Waals surface area contributed by atoms with Gasteiger partial charge >= 0.3 is 0 Å². The van der Waals surface area contributed by atoms with Crippen LogP contribution in [-0.4, -0.2) is 23.2 Å². The van der Waals surface area contributed by atoms with Gasteiger partial charge in [0.25, 0.3) is 5.91 Å². The van der Waals surface area contributed by atoms with Gasteiger partial charge in [-0.15, -0.1) is 0 Å². The van der Waals surface area contributed by atoms with E-state index in [0.29, 0.717) is 18.1 Å². The van der Waals surface area contributed by atoms with Crippen LogP contribution in [0.2, 0.25) is 0 Å². The van der Waals surface area contributed by atoms with E-state index in [1.165, 1.54) is 37.3 Å². The van der Waals surface area contributed by atoms with Crippen LogP contribution in [0.25, 0.3) is 0 Å². The van der Waals surface area contributed by atoms with E-state index in [-0.39, 0.29) is 23.7 Å². The van der Waals surface area contributed by atoms with Crippen LogP contribution in [-0.2, 0) is 16.8 Å². The molecule has 1 aromatic heterocycles. The number of rotatable bonds is 8. The Morgan fingerprint density at radius 1 is 1.00 bits per heavy atom. The number of pyridine rings is 1. The van der Waals surface area contributed by atoms with Crippen LogP contribution in [0.4, 0.5) is 0 Å². The highest BCUT2D eigenvalue weighted by molar-refractivity contribution is 5.96. The molecule has 2 bridgehead atoms. The van der Waals surface area contributed by atoms with Gasteiger partial charge in [0.15, 0.2) is 0 Å². The van der Waals surface area contributed by atoms with Crippen molar-refractivity contribution in [2.75, 3.05) is 6.54 Å². The predicted molar refractivity (Wildman–Crippen MR) is 131 cm³/mol. The summed E-state index contributed by atoms with van der Waals surface area (Å²) in [5, 5.41) is 2.68. The number of Topliss-reactive ketones (excluding diaryl/α,β-unsaturated/α-hetero) is 1. The van der Waals surface area contributed by atoms with Crippen molar-refractivity contribution in [2.45, 2.75) is 44.6 Å². The lowest BCUT2D eigenvalue weighted by atomic mass is 9.64. The Morgan fingerprint density at radius 2 is 1.74 bits per heavy atom. The smallest absolute Gasteiger partial charge is 0.251 e. The Morgan fingerprint density at radius 3 is 2.32 bits per heavy atom. The highest BCUT2D eigenvalue weighted by Gasteiger charge is 2.52. The van der Waals surface area contributed by atoms with Gasteiger partial charge in [0.1, 0.15) is 18.1 Å². The molecule has 1 amide bonds. The largest absolute Gasteiger partial charge is 0.487 e. The second kappa shape index (κ2) is 9.41. The molecule has 34 heavy (non-hydrogen) atoms. The molecule has 0 aliphatic heterocycles. The van der Waals surface area contributed by atoms with E-state index in [9.17, 15) is 9.59 Å². The van der Waals surface area contributed by atoms with Crippen LogP contribution in [0.3, 0.4) is 0 Å². The van der Waals surface area contributed by atoms with Crippen LogP contribution in [0, 0.1) is 11.8 Å². The van der Waals surface area contributed by atoms with Gasteiger partial charge in [0.05, 0.1) is 12.2 Å². The topological polar surface area (TPSA) is 68.3 Å². The number of carbonyl (C=O) groups is 2. The van der Waals surface area contributed by atoms with Gasteiger partial charge in [-0.05, 0) is 85.5 Å². The van der Waals surface area contributed by atoms with Crippen molar-refractivity contribution < 1.29 is 14.3 Å². The standard InChI is InChI=1S/C29H30N2O3/c1-20(32)18-31-28(33)22-6-9-23(10-7-22)29(17-21-5-8-25(29)16-21)24-11-13-27(14-12-24)34-19-26-4-2-3-15-30-26/h2-4,6-7,9-15,21,25H,5,8,16-19H2,1H3,(H,31,33)/t21?,25-,29+/m1/s1. The van der Waals surface area contributed by atoms with Crippen molar-refractivity contribution in [2.24, 2.45) is 11.8 Å². The fourth-order valence-corrected chi connectivity index (χ4v) is 5.92. The first-order chi connectivity index (χ1) is 16.5.